The summed E-state index contributed by atoms with van der Waals surface area (Å²) in [6, 6.07) is 7.89. The molecule has 1 unspecified atom stereocenters. The van der Waals surface area contributed by atoms with Crippen LogP contribution in [0, 0.1) is 0 Å². The van der Waals surface area contributed by atoms with Crippen LogP contribution in [0.4, 0.5) is 13.2 Å². The van der Waals surface area contributed by atoms with Crippen LogP contribution >= 0.6 is 0 Å². The minimum absolute atomic E-state index is 0.0391. The molecule has 2 rings (SSSR count). The molecule has 2 N–H and O–H groups in total. The summed E-state index contributed by atoms with van der Waals surface area (Å²) >= 11 is 0. The number of hydrogen-bond acceptors (Lipinski definition) is 3. The molecule has 0 amide bonds. The van der Waals surface area contributed by atoms with Gasteiger partial charge >= 0.3 is 6.18 Å². The first-order valence-electron chi connectivity index (χ1n) is 8.23. The predicted octanol–water partition coefficient (Wildman–Crippen LogP) is 2.13. The van der Waals surface area contributed by atoms with Crippen molar-refractivity contribution in [3.63, 3.8) is 0 Å². The summed E-state index contributed by atoms with van der Waals surface area (Å²) in [4.78, 5) is 5.58. The first-order chi connectivity index (χ1) is 11.9. The highest BCUT2D eigenvalue weighted by atomic mass is 19.4. The van der Waals surface area contributed by atoms with E-state index in [2.05, 4.69) is 15.6 Å². The van der Waals surface area contributed by atoms with E-state index in [0.717, 1.165) is 11.1 Å². The second-order valence-electron chi connectivity index (χ2n) is 6.11. The quantitative estimate of drug-likeness (QED) is 0.604. The number of hydrogen-bond donors (Lipinski definition) is 2. The molecule has 1 heterocycles. The predicted molar refractivity (Wildman–Crippen MR) is 91.4 cm³/mol. The lowest BCUT2D eigenvalue weighted by atomic mass is 10.1. The molecule has 5 nitrogen and oxygen atoms in total. The highest BCUT2D eigenvalue weighted by molar-refractivity contribution is 5.80. The number of nitrogens with one attached hydrogen (secondary N) is 2. The molecule has 25 heavy (non-hydrogen) atoms. The summed E-state index contributed by atoms with van der Waals surface area (Å²) in [5.41, 5.74) is 2.18. The number of guanidine groups is 1. The second kappa shape index (κ2) is 9.05. The van der Waals surface area contributed by atoms with Crippen molar-refractivity contribution in [1.29, 1.82) is 0 Å². The Hall–Kier alpha value is -1.80. The van der Waals surface area contributed by atoms with Gasteiger partial charge in [-0.2, -0.15) is 13.2 Å². The van der Waals surface area contributed by atoms with Gasteiger partial charge in [-0.05, 0) is 17.5 Å². The van der Waals surface area contributed by atoms with Crippen molar-refractivity contribution < 1.29 is 17.9 Å². The van der Waals surface area contributed by atoms with Gasteiger partial charge in [-0.15, -0.1) is 0 Å². The van der Waals surface area contributed by atoms with E-state index in [1.807, 2.05) is 24.3 Å². The average molecular weight is 358 g/mol. The van der Waals surface area contributed by atoms with Crippen LogP contribution < -0.4 is 10.6 Å². The van der Waals surface area contributed by atoms with Crippen molar-refractivity contribution in [2.75, 3.05) is 33.8 Å². The van der Waals surface area contributed by atoms with Crippen molar-refractivity contribution in [2.45, 2.75) is 31.8 Å². The average Bonchev–Trinajstić information content (AvgIpc) is 2.98. The fourth-order valence-electron chi connectivity index (χ4n) is 2.94. The van der Waals surface area contributed by atoms with E-state index in [4.69, 9.17) is 4.74 Å². The van der Waals surface area contributed by atoms with Crippen LogP contribution in [0.25, 0.3) is 0 Å². The highest BCUT2D eigenvalue weighted by Crippen LogP contribution is 2.20. The van der Waals surface area contributed by atoms with Gasteiger partial charge in [0.25, 0.3) is 0 Å². The zero-order chi connectivity index (χ0) is 18.3. The Morgan fingerprint density at radius 2 is 2.04 bits per heavy atom. The maximum atomic E-state index is 12.5. The Morgan fingerprint density at radius 3 is 2.68 bits per heavy atom. The summed E-state index contributed by atoms with van der Waals surface area (Å²) in [5, 5.41) is 6.42. The van der Waals surface area contributed by atoms with Crippen LogP contribution in [0.3, 0.4) is 0 Å². The number of methoxy groups -OCH3 is 1. The van der Waals surface area contributed by atoms with E-state index in [-0.39, 0.29) is 6.04 Å². The Labute approximate surface area is 146 Å². The van der Waals surface area contributed by atoms with Gasteiger partial charge in [0.05, 0.1) is 13.2 Å². The minimum Gasteiger partial charge on any atom is -0.380 e. The molecule has 0 bridgehead atoms. The summed E-state index contributed by atoms with van der Waals surface area (Å²) in [6.07, 6.45) is -3.49. The van der Waals surface area contributed by atoms with Crippen molar-refractivity contribution in [3.05, 3.63) is 35.4 Å². The molecule has 0 radical (unpaired) electrons. The molecule has 0 aromatic heterocycles. The summed E-state index contributed by atoms with van der Waals surface area (Å²) in [5.74, 6) is 0.589. The van der Waals surface area contributed by atoms with Gasteiger partial charge in [0.1, 0.15) is 0 Å². The van der Waals surface area contributed by atoms with Gasteiger partial charge in [-0.1, -0.05) is 24.3 Å². The zero-order valence-electron chi connectivity index (χ0n) is 14.6. The number of benzene rings is 1. The fraction of sp³-hybridized carbons (Fsp3) is 0.588. The third kappa shape index (κ3) is 6.55. The van der Waals surface area contributed by atoms with E-state index >= 15 is 0 Å². The number of ether oxygens (including phenoxy) is 1. The Bertz CT molecular complexity index is 577. The van der Waals surface area contributed by atoms with Crippen LogP contribution in [-0.4, -0.2) is 56.9 Å². The SMILES string of the molecule is CN=C(NCc1ccccc1COC)NC1CCN(CC(F)(F)F)C1. The van der Waals surface area contributed by atoms with Crippen LogP contribution in [0.5, 0.6) is 0 Å². The monoisotopic (exact) mass is 358 g/mol. The standard InChI is InChI=1S/C17H25F3N4O/c1-21-16(22-9-13-5-3-4-6-14(13)11-25-2)23-15-7-8-24(10-15)12-17(18,19)20/h3-6,15H,7-12H2,1-2H3,(H2,21,22,23). The van der Waals surface area contributed by atoms with E-state index in [0.29, 0.717) is 38.6 Å². The van der Waals surface area contributed by atoms with Crippen molar-refractivity contribution in [3.8, 4) is 0 Å². The van der Waals surface area contributed by atoms with E-state index in [1.54, 1.807) is 14.2 Å². The molecule has 1 saturated heterocycles. The molecule has 0 aliphatic carbocycles. The van der Waals surface area contributed by atoms with Gasteiger partial charge in [0.15, 0.2) is 5.96 Å². The molecule has 1 aromatic carbocycles. The minimum atomic E-state index is -4.15. The maximum absolute atomic E-state index is 12.5. The maximum Gasteiger partial charge on any atom is 0.401 e. The molecule has 140 valence electrons. The van der Waals surface area contributed by atoms with Crippen LogP contribution in [0.2, 0.25) is 0 Å². The lowest BCUT2D eigenvalue weighted by Crippen LogP contribution is -2.45. The van der Waals surface area contributed by atoms with Crippen molar-refractivity contribution in [2.24, 2.45) is 4.99 Å². The summed E-state index contributed by atoms with van der Waals surface area (Å²) in [7, 11) is 3.30. The molecule has 1 atom stereocenters. The Kier molecular flexibility index (Phi) is 7.07. The van der Waals surface area contributed by atoms with E-state index in [1.165, 1.54) is 4.90 Å². The zero-order valence-corrected chi connectivity index (χ0v) is 14.6. The van der Waals surface area contributed by atoms with Crippen molar-refractivity contribution >= 4 is 5.96 Å². The van der Waals surface area contributed by atoms with E-state index < -0.39 is 12.7 Å². The lowest BCUT2D eigenvalue weighted by molar-refractivity contribution is -0.143. The van der Waals surface area contributed by atoms with Gasteiger partial charge < -0.3 is 15.4 Å². The number of rotatable bonds is 6. The van der Waals surface area contributed by atoms with Gasteiger partial charge in [0, 0.05) is 39.8 Å². The van der Waals surface area contributed by atoms with Crippen LogP contribution in [0.15, 0.2) is 29.3 Å². The Balaban J connectivity index is 1.84. The highest BCUT2D eigenvalue weighted by Gasteiger charge is 2.34. The molecule has 0 spiro atoms. The molecule has 0 saturated carbocycles. The molecule has 1 aliphatic heterocycles. The largest absolute Gasteiger partial charge is 0.401 e. The fourth-order valence-corrected chi connectivity index (χ4v) is 2.94. The van der Waals surface area contributed by atoms with Gasteiger partial charge in [-0.25, -0.2) is 0 Å². The second-order valence-corrected chi connectivity index (χ2v) is 6.11. The molecule has 1 fully saturated rings. The topological polar surface area (TPSA) is 48.9 Å². The smallest absolute Gasteiger partial charge is 0.380 e. The van der Waals surface area contributed by atoms with Crippen LogP contribution in [-0.2, 0) is 17.9 Å². The number of nitrogens with zero attached hydrogens (tertiary/aromatic N) is 2. The Morgan fingerprint density at radius 1 is 1.32 bits per heavy atom. The van der Waals surface area contributed by atoms with Crippen LogP contribution in [0.1, 0.15) is 17.5 Å². The number of alkyl halides is 3. The number of aliphatic imine (C=N–C) groups is 1. The first kappa shape index (κ1) is 19.5. The first-order valence-corrected chi connectivity index (χ1v) is 8.23. The van der Waals surface area contributed by atoms with Crippen molar-refractivity contribution in [1.82, 2.24) is 15.5 Å². The summed E-state index contributed by atoms with van der Waals surface area (Å²) in [6.45, 7) is 1.03. The third-order valence-electron chi connectivity index (χ3n) is 4.10. The molecular formula is C17H25F3N4O. The molecule has 8 heteroatoms. The normalized spacial score (nSPS) is 19.2. The molecule has 1 aliphatic rings. The number of likely N-dealkylation sites (tertiary alicyclic amines) is 1. The van der Waals surface area contributed by atoms with Gasteiger partial charge in [0.2, 0.25) is 0 Å². The van der Waals surface area contributed by atoms with Gasteiger partial charge in [-0.3, -0.25) is 9.89 Å². The third-order valence-corrected chi connectivity index (χ3v) is 4.10. The molecule has 1 aromatic rings. The summed E-state index contributed by atoms with van der Waals surface area (Å²) < 4.78 is 42.6. The number of halogens is 3. The lowest BCUT2D eigenvalue weighted by Gasteiger charge is -2.20. The van der Waals surface area contributed by atoms with E-state index in [9.17, 15) is 13.2 Å². The molecular weight excluding hydrogens is 333 g/mol.